The second-order valence-corrected chi connectivity index (χ2v) is 15.7. The molecule has 54 heavy (non-hydrogen) atoms. The number of ether oxygens (including phenoxy) is 3. The van der Waals surface area contributed by atoms with Crippen molar-refractivity contribution in [1.82, 2.24) is 0 Å². The number of carbonyl (C=O) groups excluding carboxylic acids is 3. The second-order valence-electron chi connectivity index (χ2n) is 15.7. The molecule has 0 aromatic heterocycles. The van der Waals surface area contributed by atoms with Crippen LogP contribution in [0.1, 0.15) is 245 Å². The fraction of sp³-hybridized carbons (Fsp3) is 0.854. The molecule has 0 aromatic carbocycles. The van der Waals surface area contributed by atoms with E-state index in [-0.39, 0.29) is 31.1 Å². The Bertz CT molecular complexity index is 880. The van der Waals surface area contributed by atoms with Crippen LogP contribution in [0.4, 0.5) is 0 Å². The highest BCUT2D eigenvalue weighted by Crippen LogP contribution is 2.14. The first-order chi connectivity index (χ1) is 26.5. The molecule has 6 nitrogen and oxygen atoms in total. The first-order valence-corrected chi connectivity index (χ1v) is 23.3. The van der Waals surface area contributed by atoms with Gasteiger partial charge >= 0.3 is 17.9 Å². The Labute approximate surface area is 334 Å². The van der Waals surface area contributed by atoms with Crippen LogP contribution in [-0.4, -0.2) is 37.2 Å². The molecule has 1 atom stereocenters. The number of hydrogen-bond acceptors (Lipinski definition) is 6. The molecule has 0 aromatic rings. The second kappa shape index (κ2) is 43.6. The Kier molecular flexibility index (Phi) is 41.9. The van der Waals surface area contributed by atoms with Crippen molar-refractivity contribution in [2.24, 2.45) is 0 Å². The van der Waals surface area contributed by atoms with Gasteiger partial charge in [-0.3, -0.25) is 14.4 Å². The third kappa shape index (κ3) is 41.1. The summed E-state index contributed by atoms with van der Waals surface area (Å²) in [5, 5.41) is 0. The number of carbonyl (C=O) groups is 3. The van der Waals surface area contributed by atoms with E-state index in [4.69, 9.17) is 14.2 Å². The van der Waals surface area contributed by atoms with Gasteiger partial charge in [0.05, 0.1) is 0 Å². The van der Waals surface area contributed by atoms with E-state index in [0.717, 1.165) is 70.6 Å². The van der Waals surface area contributed by atoms with Crippen molar-refractivity contribution in [2.45, 2.75) is 252 Å². The maximum absolute atomic E-state index is 12.7. The van der Waals surface area contributed by atoms with Crippen molar-refractivity contribution in [3.63, 3.8) is 0 Å². The zero-order valence-corrected chi connectivity index (χ0v) is 36.0. The van der Waals surface area contributed by atoms with Crippen LogP contribution >= 0.6 is 0 Å². The zero-order valence-electron chi connectivity index (χ0n) is 36.0. The van der Waals surface area contributed by atoms with E-state index < -0.39 is 6.10 Å². The topological polar surface area (TPSA) is 78.9 Å². The molecule has 0 saturated heterocycles. The smallest absolute Gasteiger partial charge is 0.306 e. The van der Waals surface area contributed by atoms with Gasteiger partial charge in [0.25, 0.3) is 0 Å². The van der Waals surface area contributed by atoms with Crippen LogP contribution in [0.5, 0.6) is 0 Å². The highest BCUT2D eigenvalue weighted by atomic mass is 16.6. The average Bonchev–Trinajstić information content (AvgIpc) is 3.17. The largest absolute Gasteiger partial charge is 0.462 e. The maximum atomic E-state index is 12.7. The molecule has 0 heterocycles. The van der Waals surface area contributed by atoms with Crippen LogP contribution in [0.3, 0.4) is 0 Å². The van der Waals surface area contributed by atoms with Crippen LogP contribution in [0.2, 0.25) is 0 Å². The van der Waals surface area contributed by atoms with Gasteiger partial charge in [0.2, 0.25) is 0 Å². The molecular weight excluding hydrogens is 673 g/mol. The Morgan fingerprint density at radius 1 is 0.352 bits per heavy atom. The van der Waals surface area contributed by atoms with Crippen molar-refractivity contribution in [2.75, 3.05) is 13.2 Å². The first kappa shape index (κ1) is 51.9. The summed E-state index contributed by atoms with van der Waals surface area (Å²) in [6.07, 6.45) is 47.3. The lowest BCUT2D eigenvalue weighted by atomic mass is 10.1. The molecule has 0 radical (unpaired) electrons. The first-order valence-electron chi connectivity index (χ1n) is 23.3. The maximum Gasteiger partial charge on any atom is 0.306 e. The molecule has 0 aliphatic rings. The molecule has 0 rings (SSSR count). The number of rotatable bonds is 42. The summed E-state index contributed by atoms with van der Waals surface area (Å²) in [7, 11) is 0. The summed E-state index contributed by atoms with van der Waals surface area (Å²) >= 11 is 0. The number of unbranched alkanes of at least 4 members (excludes halogenated alkanes) is 27. The van der Waals surface area contributed by atoms with E-state index in [9.17, 15) is 14.4 Å². The van der Waals surface area contributed by atoms with Crippen LogP contribution in [0.25, 0.3) is 0 Å². The predicted octanol–water partition coefficient (Wildman–Crippen LogP) is 14.8. The third-order valence-electron chi connectivity index (χ3n) is 10.2. The summed E-state index contributed by atoms with van der Waals surface area (Å²) in [4.78, 5) is 37.7. The molecule has 6 heteroatoms. The summed E-state index contributed by atoms with van der Waals surface area (Å²) in [6, 6.07) is 0. The quantitative estimate of drug-likeness (QED) is 0.0267. The van der Waals surface area contributed by atoms with Gasteiger partial charge in [-0.05, 0) is 70.6 Å². The van der Waals surface area contributed by atoms with Gasteiger partial charge in [-0.25, -0.2) is 0 Å². The minimum Gasteiger partial charge on any atom is -0.462 e. The molecule has 0 amide bonds. The van der Waals surface area contributed by atoms with Crippen molar-refractivity contribution in [3.05, 3.63) is 24.3 Å². The van der Waals surface area contributed by atoms with Crippen molar-refractivity contribution < 1.29 is 28.6 Å². The summed E-state index contributed by atoms with van der Waals surface area (Å²) in [5.41, 5.74) is 0. The SMILES string of the molecule is CCCCCC/C=C\CCCCCCCC(=O)O[C@@H](COC(=O)CCCCCCC/C=C\CCCCCCC)COC(=O)CCCCCCCCCCC. The predicted molar refractivity (Wildman–Crippen MR) is 229 cm³/mol. The van der Waals surface area contributed by atoms with E-state index >= 15 is 0 Å². The van der Waals surface area contributed by atoms with Gasteiger partial charge in [-0.2, -0.15) is 0 Å². The highest BCUT2D eigenvalue weighted by Gasteiger charge is 2.19. The van der Waals surface area contributed by atoms with Crippen molar-refractivity contribution in [1.29, 1.82) is 0 Å². The molecule has 0 bridgehead atoms. The van der Waals surface area contributed by atoms with Crippen LogP contribution in [0, 0.1) is 0 Å². The zero-order chi connectivity index (χ0) is 39.4. The molecule has 316 valence electrons. The van der Waals surface area contributed by atoms with Crippen molar-refractivity contribution in [3.8, 4) is 0 Å². The lowest BCUT2D eigenvalue weighted by Crippen LogP contribution is -2.30. The average molecular weight is 761 g/mol. The van der Waals surface area contributed by atoms with Gasteiger partial charge in [0.1, 0.15) is 13.2 Å². The Morgan fingerprint density at radius 2 is 0.611 bits per heavy atom. The minimum atomic E-state index is -0.772. The van der Waals surface area contributed by atoms with Gasteiger partial charge < -0.3 is 14.2 Å². The normalized spacial score (nSPS) is 12.1. The standard InChI is InChI=1S/C48H88O6/c1-4-7-10-13-16-19-21-23-25-26-29-32-35-38-41-47(50)53-44-45(43-52-46(49)40-37-34-31-28-18-15-12-9-6-3)54-48(51)42-39-36-33-30-27-24-22-20-17-14-11-8-5-2/h20-23,45H,4-19,24-44H2,1-3H3/b22-20-,23-21-/t45-/m1/s1. The molecule has 0 aliphatic heterocycles. The van der Waals surface area contributed by atoms with Crippen molar-refractivity contribution >= 4 is 17.9 Å². The molecule has 0 unspecified atom stereocenters. The Balaban J connectivity index is 4.36. The van der Waals surface area contributed by atoms with E-state index in [1.807, 2.05) is 0 Å². The van der Waals surface area contributed by atoms with Gasteiger partial charge in [0.15, 0.2) is 6.10 Å². The molecule has 0 aliphatic carbocycles. The van der Waals surface area contributed by atoms with Gasteiger partial charge in [-0.15, -0.1) is 0 Å². The Morgan fingerprint density at radius 3 is 0.944 bits per heavy atom. The third-order valence-corrected chi connectivity index (χ3v) is 10.2. The van der Waals surface area contributed by atoms with Crippen LogP contribution in [-0.2, 0) is 28.6 Å². The molecule has 0 fully saturated rings. The number of esters is 3. The van der Waals surface area contributed by atoms with E-state index in [0.29, 0.717) is 19.3 Å². The number of allylic oxidation sites excluding steroid dienone is 4. The molecular formula is C48H88O6. The summed E-state index contributed by atoms with van der Waals surface area (Å²) < 4.78 is 16.7. The van der Waals surface area contributed by atoms with E-state index in [1.54, 1.807) is 0 Å². The fourth-order valence-electron chi connectivity index (χ4n) is 6.61. The van der Waals surface area contributed by atoms with Gasteiger partial charge in [-0.1, -0.05) is 180 Å². The monoisotopic (exact) mass is 761 g/mol. The lowest BCUT2D eigenvalue weighted by Gasteiger charge is -2.18. The van der Waals surface area contributed by atoms with E-state index in [1.165, 1.54) is 135 Å². The fourth-order valence-corrected chi connectivity index (χ4v) is 6.61. The van der Waals surface area contributed by atoms with Gasteiger partial charge in [0, 0.05) is 19.3 Å². The molecule has 0 N–H and O–H groups in total. The van der Waals surface area contributed by atoms with Crippen LogP contribution < -0.4 is 0 Å². The highest BCUT2D eigenvalue weighted by molar-refractivity contribution is 5.71. The lowest BCUT2D eigenvalue weighted by molar-refractivity contribution is -0.167. The van der Waals surface area contributed by atoms with Crippen LogP contribution in [0.15, 0.2) is 24.3 Å². The summed E-state index contributed by atoms with van der Waals surface area (Å²) in [5.74, 6) is -0.890. The molecule has 0 spiro atoms. The minimum absolute atomic E-state index is 0.0747. The Hall–Kier alpha value is -2.11. The number of hydrogen-bond donors (Lipinski definition) is 0. The summed E-state index contributed by atoms with van der Waals surface area (Å²) in [6.45, 7) is 6.58. The van der Waals surface area contributed by atoms with E-state index in [2.05, 4.69) is 45.1 Å². The molecule has 0 saturated carbocycles.